The van der Waals surface area contributed by atoms with E-state index in [1.165, 1.54) is 0 Å². The van der Waals surface area contributed by atoms with E-state index in [0.29, 0.717) is 64.6 Å². The van der Waals surface area contributed by atoms with Gasteiger partial charge in [-0.25, -0.2) is 4.79 Å². The summed E-state index contributed by atoms with van der Waals surface area (Å²) in [5.41, 5.74) is 34.0. The van der Waals surface area contributed by atoms with E-state index in [0.717, 1.165) is 0 Å². The molecule has 6 amide bonds. The van der Waals surface area contributed by atoms with E-state index in [1.54, 1.807) is 0 Å². The minimum absolute atomic E-state index is 0.0217. The number of carboxylic acids is 1. The fourth-order valence-electron chi connectivity index (χ4n) is 6.83. The summed E-state index contributed by atoms with van der Waals surface area (Å²) in [6.07, 6.45) is 4.16. The molecule has 24 heteroatoms. The molecular weight excluding hydrogens is 857 g/mol. The molecule has 24 nitrogen and oxygen atoms in total. The Labute approximate surface area is 389 Å². The molecule has 0 aliphatic heterocycles. The van der Waals surface area contributed by atoms with Gasteiger partial charge in [-0.1, -0.05) is 27.7 Å². The number of aliphatic carboxylic acids is 1. The highest BCUT2D eigenvalue weighted by Gasteiger charge is 2.34. The Balaban J connectivity index is 6.77. The summed E-state index contributed by atoms with van der Waals surface area (Å²) < 4.78 is 0. The van der Waals surface area contributed by atoms with Crippen molar-refractivity contribution in [2.75, 3.05) is 32.7 Å². The number of amides is 6. The topological polar surface area (TPSA) is 440 Å². The molecule has 0 aliphatic rings. The van der Waals surface area contributed by atoms with Crippen molar-refractivity contribution in [1.29, 1.82) is 10.8 Å². The summed E-state index contributed by atoms with van der Waals surface area (Å²) in [6.45, 7) is 8.83. The van der Waals surface area contributed by atoms with E-state index in [4.69, 9.17) is 45.2 Å². The van der Waals surface area contributed by atoms with E-state index in [9.17, 15) is 38.7 Å². The molecule has 0 saturated carbocycles. The van der Waals surface area contributed by atoms with E-state index >= 15 is 0 Å². The van der Waals surface area contributed by atoms with Gasteiger partial charge in [-0.3, -0.25) is 39.6 Å². The standard InChI is InChI=1S/C42H84N16O8/c1-25(2)23-27(46)34(59)58-33(24-26(3)4)39(64)56-28(13-5-8-18-43)35(60)54-31(17-12-22-52-42(49)50)37(62)55-30(16-11-21-51-41(47)48)36(61)53-29(14-6-9-19-44)38(63)57-32(40(65)66)15-7-10-20-45/h25-33H,5-24,43-46H2,1-4H3,(H,53,61)(H,54,60)(H,55,62)(H,56,64)(H,57,63)(H,58,59)(H,65,66)(H4,47,48,51)(H4,49,50,52)/t27-,28-,29-,30-,31-,32-,33-/m0/s1. The van der Waals surface area contributed by atoms with Crippen LogP contribution in [0.15, 0.2) is 0 Å². The average Bonchev–Trinajstić information content (AvgIpc) is 3.23. The Hall–Kier alpha value is -5.33. The van der Waals surface area contributed by atoms with Crippen molar-refractivity contribution in [1.82, 2.24) is 42.5 Å². The van der Waals surface area contributed by atoms with Gasteiger partial charge < -0.3 is 82.0 Å². The first-order valence-corrected chi connectivity index (χ1v) is 23.2. The van der Waals surface area contributed by atoms with Crippen molar-refractivity contribution in [3.63, 3.8) is 0 Å². The zero-order valence-electron chi connectivity index (χ0n) is 39.6. The Morgan fingerprint density at radius 3 is 1.03 bits per heavy atom. The summed E-state index contributed by atoms with van der Waals surface area (Å²) in [7, 11) is 0. The second-order valence-electron chi connectivity index (χ2n) is 17.4. The number of nitrogens with two attached hydrogens (primary N) is 6. The number of rotatable bonds is 37. The van der Waals surface area contributed by atoms with Crippen molar-refractivity contribution in [2.45, 2.75) is 166 Å². The summed E-state index contributed by atoms with van der Waals surface area (Å²) in [4.78, 5) is 94.9. The van der Waals surface area contributed by atoms with Crippen molar-refractivity contribution in [2.24, 2.45) is 46.2 Å². The van der Waals surface area contributed by atoms with Crippen LogP contribution in [0.2, 0.25) is 0 Å². The maximum Gasteiger partial charge on any atom is 0.326 e. The normalized spacial score (nSPS) is 14.3. The molecule has 0 aromatic heterocycles. The van der Waals surface area contributed by atoms with Crippen LogP contribution in [0.25, 0.3) is 0 Å². The van der Waals surface area contributed by atoms with E-state index in [1.807, 2.05) is 27.7 Å². The molecule has 0 unspecified atom stereocenters. The van der Waals surface area contributed by atoms with Gasteiger partial charge in [0.15, 0.2) is 11.9 Å². The molecule has 0 fully saturated rings. The van der Waals surface area contributed by atoms with Crippen molar-refractivity contribution >= 4 is 53.3 Å². The summed E-state index contributed by atoms with van der Waals surface area (Å²) in [5.74, 6) is -5.99. The molecule has 380 valence electrons. The van der Waals surface area contributed by atoms with E-state index < -0.39 is 83.7 Å². The van der Waals surface area contributed by atoms with Gasteiger partial charge in [0, 0.05) is 13.1 Å². The number of guanidine groups is 2. The van der Waals surface area contributed by atoms with Crippen LogP contribution < -0.4 is 76.9 Å². The first-order valence-electron chi connectivity index (χ1n) is 23.2. The zero-order chi connectivity index (χ0) is 50.2. The molecule has 0 bridgehead atoms. The fraction of sp³-hybridized carbons (Fsp3) is 0.786. The first kappa shape index (κ1) is 60.7. The number of carbonyl (C=O) groups is 7. The van der Waals surface area contributed by atoms with Gasteiger partial charge in [0.2, 0.25) is 35.4 Å². The maximum atomic E-state index is 14.2. The third-order valence-corrected chi connectivity index (χ3v) is 10.4. The number of hydrogen-bond acceptors (Lipinski definition) is 13. The number of carbonyl (C=O) groups excluding carboxylic acids is 6. The van der Waals surface area contributed by atoms with Crippen molar-refractivity contribution < 1.29 is 38.7 Å². The van der Waals surface area contributed by atoms with Gasteiger partial charge in [-0.15, -0.1) is 0 Å². The lowest BCUT2D eigenvalue weighted by Gasteiger charge is -2.28. The summed E-state index contributed by atoms with van der Waals surface area (Å²) in [6, 6.07) is -8.14. The number of carboxylic acid groups (broad SMARTS) is 1. The van der Waals surface area contributed by atoms with Gasteiger partial charge in [0.05, 0.1) is 6.04 Å². The zero-order valence-corrected chi connectivity index (χ0v) is 39.6. The molecule has 0 radical (unpaired) electrons. The summed E-state index contributed by atoms with van der Waals surface area (Å²) >= 11 is 0. The SMILES string of the molecule is CC(C)C[C@H](NC(=O)[C@@H](N)CC(C)C)C(=O)N[C@@H](CCCCN)C(=O)N[C@@H](CCCNC(=N)N)C(=O)N[C@@H](CCCNC(=N)N)C(=O)N[C@@H](CCCCN)C(=O)N[C@@H](CCCCN)C(=O)O. The van der Waals surface area contributed by atoms with Crippen LogP contribution in [0.5, 0.6) is 0 Å². The van der Waals surface area contributed by atoms with Crippen LogP contribution in [-0.2, 0) is 33.6 Å². The van der Waals surface area contributed by atoms with Crippen molar-refractivity contribution in [3.05, 3.63) is 0 Å². The van der Waals surface area contributed by atoms with Gasteiger partial charge in [-0.05, 0) is 128 Å². The van der Waals surface area contributed by atoms with Crippen LogP contribution in [0.3, 0.4) is 0 Å². The third-order valence-electron chi connectivity index (χ3n) is 10.4. The number of unbranched alkanes of at least 4 members (excludes halogenated alkanes) is 3. The van der Waals surface area contributed by atoms with Gasteiger partial charge in [-0.2, -0.15) is 0 Å². The second-order valence-corrected chi connectivity index (χ2v) is 17.4. The predicted octanol–water partition coefficient (Wildman–Crippen LogP) is -2.69. The molecule has 0 aromatic carbocycles. The molecular formula is C42H84N16O8. The predicted molar refractivity (Wildman–Crippen MR) is 253 cm³/mol. The van der Waals surface area contributed by atoms with Crippen LogP contribution in [0, 0.1) is 22.7 Å². The highest BCUT2D eigenvalue weighted by molar-refractivity contribution is 5.97. The Bertz CT molecular complexity index is 1520. The maximum absolute atomic E-state index is 14.2. The third kappa shape index (κ3) is 27.9. The fourth-order valence-corrected chi connectivity index (χ4v) is 6.83. The molecule has 0 heterocycles. The number of hydrogen-bond donors (Lipinski definition) is 17. The molecule has 7 atom stereocenters. The van der Waals surface area contributed by atoms with Crippen molar-refractivity contribution in [3.8, 4) is 0 Å². The van der Waals surface area contributed by atoms with Gasteiger partial charge >= 0.3 is 5.97 Å². The molecule has 0 aliphatic carbocycles. The number of nitrogens with one attached hydrogen (secondary N) is 10. The van der Waals surface area contributed by atoms with Crippen LogP contribution in [0.1, 0.15) is 124 Å². The molecule has 66 heavy (non-hydrogen) atoms. The molecule has 0 aromatic rings. The smallest absolute Gasteiger partial charge is 0.326 e. The van der Waals surface area contributed by atoms with E-state index in [-0.39, 0.29) is 88.2 Å². The van der Waals surface area contributed by atoms with E-state index in [2.05, 4.69) is 42.5 Å². The van der Waals surface area contributed by atoms with Crippen LogP contribution >= 0.6 is 0 Å². The minimum atomic E-state index is -1.31. The average molecular weight is 941 g/mol. The van der Waals surface area contributed by atoms with Crippen LogP contribution in [0.4, 0.5) is 0 Å². The van der Waals surface area contributed by atoms with Crippen LogP contribution in [-0.4, -0.2) is 133 Å². The first-order chi connectivity index (χ1) is 31.2. The lowest BCUT2D eigenvalue weighted by Crippen LogP contribution is -2.60. The molecule has 23 N–H and O–H groups in total. The Morgan fingerprint density at radius 1 is 0.439 bits per heavy atom. The second kappa shape index (κ2) is 34.9. The van der Waals surface area contributed by atoms with Gasteiger partial charge in [0.1, 0.15) is 36.3 Å². The molecule has 0 rings (SSSR count). The highest BCUT2D eigenvalue weighted by Crippen LogP contribution is 2.12. The Morgan fingerprint density at radius 2 is 0.727 bits per heavy atom. The molecule has 0 saturated heterocycles. The quantitative estimate of drug-likeness (QED) is 0.0171. The Kier molecular flexibility index (Phi) is 32.1. The summed E-state index contributed by atoms with van der Waals surface area (Å²) in [5, 5.41) is 46.2. The lowest BCUT2D eigenvalue weighted by atomic mass is 9.99. The highest BCUT2D eigenvalue weighted by atomic mass is 16.4. The monoisotopic (exact) mass is 941 g/mol. The molecule has 0 spiro atoms. The lowest BCUT2D eigenvalue weighted by molar-refractivity contribution is -0.142. The van der Waals surface area contributed by atoms with Gasteiger partial charge in [0.25, 0.3) is 0 Å². The minimum Gasteiger partial charge on any atom is -0.480 e. The largest absolute Gasteiger partial charge is 0.480 e.